The number of nitrogens with one attached hydrogen (secondary N) is 2. The van der Waals surface area contributed by atoms with Crippen LogP contribution in [-0.4, -0.2) is 46.0 Å². The summed E-state index contributed by atoms with van der Waals surface area (Å²) < 4.78 is 0. The number of hydrogen-bond donors (Lipinski definition) is 6. The molecule has 0 fully saturated rings. The number of phenols is 1. The number of carboxylic acids is 1. The van der Waals surface area contributed by atoms with E-state index in [2.05, 4.69) is 15.6 Å². The van der Waals surface area contributed by atoms with E-state index < -0.39 is 48.2 Å². The van der Waals surface area contributed by atoms with Gasteiger partial charge in [-0.15, -0.1) is 0 Å². The molecule has 0 spiro atoms. The third-order valence-corrected chi connectivity index (χ3v) is 5.34. The van der Waals surface area contributed by atoms with Crippen molar-refractivity contribution in [2.75, 3.05) is 5.32 Å². The highest BCUT2D eigenvalue weighted by atomic mass is 16.4. The van der Waals surface area contributed by atoms with Crippen molar-refractivity contribution in [3.8, 4) is 5.75 Å². The lowest BCUT2D eigenvalue weighted by Gasteiger charge is -2.23. The van der Waals surface area contributed by atoms with Crippen molar-refractivity contribution < 1.29 is 24.6 Å². The third-order valence-electron chi connectivity index (χ3n) is 5.34. The molecule has 0 radical (unpaired) electrons. The van der Waals surface area contributed by atoms with Gasteiger partial charge in [0.2, 0.25) is 11.8 Å². The van der Waals surface area contributed by atoms with E-state index in [1.807, 2.05) is 12.1 Å². The zero-order valence-corrected chi connectivity index (χ0v) is 19.2. The Morgan fingerprint density at radius 3 is 1.81 bits per heavy atom. The van der Waals surface area contributed by atoms with Crippen molar-refractivity contribution in [1.82, 2.24) is 5.32 Å². The van der Waals surface area contributed by atoms with Crippen molar-refractivity contribution in [3.05, 3.63) is 96.1 Å². The van der Waals surface area contributed by atoms with Crippen LogP contribution >= 0.6 is 0 Å². The lowest BCUT2D eigenvalue weighted by atomic mass is 9.90. The molecule has 2 unspecified atom stereocenters. The number of phenolic OH excluding ortho intramolecular Hbond substituents is 1. The molecule has 3 aromatic carbocycles. The fourth-order valence-electron chi connectivity index (χ4n) is 3.65. The molecular weight excluding hydrogens is 462 g/mol. The highest BCUT2D eigenvalue weighted by molar-refractivity contribution is 5.97. The second-order valence-corrected chi connectivity index (χ2v) is 8.00. The van der Waals surface area contributed by atoms with Gasteiger partial charge in [-0.1, -0.05) is 60.7 Å². The molecule has 0 heterocycles. The zero-order chi connectivity index (χ0) is 26.1. The Labute approximate surface area is 207 Å². The summed E-state index contributed by atoms with van der Waals surface area (Å²) in [6.45, 7) is 0. The van der Waals surface area contributed by atoms with Gasteiger partial charge in [-0.2, -0.15) is 0 Å². The van der Waals surface area contributed by atoms with Gasteiger partial charge in [0, 0.05) is 12.1 Å². The normalized spacial score (nSPS) is 12.2. The molecule has 0 saturated carbocycles. The molecule has 2 amide bonds. The summed E-state index contributed by atoms with van der Waals surface area (Å²) in [4.78, 5) is 42.2. The number of hydrogen-bond acceptors (Lipinski definition) is 5. The Morgan fingerprint density at radius 2 is 1.33 bits per heavy atom. The molecule has 2 atom stereocenters. The Bertz CT molecular complexity index is 1170. The fourth-order valence-corrected chi connectivity index (χ4v) is 3.65. The van der Waals surface area contributed by atoms with E-state index in [4.69, 9.17) is 11.5 Å². The second-order valence-electron chi connectivity index (χ2n) is 8.00. The van der Waals surface area contributed by atoms with Gasteiger partial charge >= 0.3 is 5.97 Å². The molecule has 186 valence electrons. The van der Waals surface area contributed by atoms with Crippen molar-refractivity contribution in [3.63, 3.8) is 0 Å². The first-order valence-corrected chi connectivity index (χ1v) is 11.1. The maximum absolute atomic E-state index is 13.4. The smallest absolute Gasteiger partial charge is 0.326 e. The van der Waals surface area contributed by atoms with Crippen LogP contribution in [0, 0.1) is 0 Å². The summed E-state index contributed by atoms with van der Waals surface area (Å²) in [7, 11) is 0. The molecule has 0 saturated heterocycles. The number of guanidine groups is 1. The third kappa shape index (κ3) is 7.07. The van der Waals surface area contributed by atoms with Crippen LogP contribution < -0.4 is 22.1 Å². The van der Waals surface area contributed by atoms with E-state index in [0.29, 0.717) is 16.8 Å². The number of rotatable bonds is 10. The molecule has 3 rings (SSSR count). The number of nitrogens with two attached hydrogens (primary N) is 2. The number of nitrogens with zero attached hydrogens (tertiary/aromatic N) is 1. The number of aromatic hydroxyl groups is 1. The van der Waals surface area contributed by atoms with Crippen LogP contribution in [0.3, 0.4) is 0 Å². The van der Waals surface area contributed by atoms with E-state index in [1.54, 1.807) is 48.5 Å². The summed E-state index contributed by atoms with van der Waals surface area (Å²) in [6.07, 6.45) is -0.404. The predicted octanol–water partition coefficient (Wildman–Crippen LogP) is 1.76. The number of carboxylic acid groups (broad SMARTS) is 1. The van der Waals surface area contributed by atoms with E-state index in [9.17, 15) is 24.6 Å². The minimum absolute atomic E-state index is 0.00816. The van der Waals surface area contributed by atoms with Gasteiger partial charge in [0.1, 0.15) is 17.8 Å². The minimum atomic E-state index is -1.47. The molecule has 10 nitrogen and oxygen atoms in total. The Hall–Kier alpha value is -4.86. The topological polar surface area (TPSA) is 180 Å². The van der Waals surface area contributed by atoms with Gasteiger partial charge < -0.3 is 32.3 Å². The number of carbonyl (C=O) groups is 3. The number of benzene rings is 3. The minimum Gasteiger partial charge on any atom is -0.508 e. The number of aliphatic carboxylic acids is 1. The molecule has 0 aliphatic carbocycles. The first-order chi connectivity index (χ1) is 17.2. The molecule has 0 aliphatic heterocycles. The van der Waals surface area contributed by atoms with Gasteiger partial charge in [-0.3, -0.25) is 9.59 Å². The summed E-state index contributed by atoms with van der Waals surface area (Å²) in [5, 5.41) is 24.4. The van der Waals surface area contributed by atoms with E-state index in [-0.39, 0.29) is 5.75 Å². The predicted molar refractivity (Wildman–Crippen MR) is 135 cm³/mol. The van der Waals surface area contributed by atoms with Crippen LogP contribution in [0.4, 0.5) is 5.69 Å². The van der Waals surface area contributed by atoms with Gasteiger partial charge in [-0.05, 0) is 35.4 Å². The monoisotopic (exact) mass is 489 g/mol. The Balaban J connectivity index is 1.83. The van der Waals surface area contributed by atoms with Crippen molar-refractivity contribution in [2.45, 2.75) is 24.4 Å². The van der Waals surface area contributed by atoms with Crippen LogP contribution in [0.15, 0.2) is 89.9 Å². The maximum Gasteiger partial charge on any atom is 0.326 e. The van der Waals surface area contributed by atoms with Gasteiger partial charge in [0.15, 0.2) is 5.96 Å². The second kappa shape index (κ2) is 12.0. The average molecular weight is 490 g/mol. The van der Waals surface area contributed by atoms with Crippen LogP contribution in [0.25, 0.3) is 0 Å². The quantitative estimate of drug-likeness (QED) is 0.143. The Morgan fingerprint density at radius 1 is 0.806 bits per heavy atom. The van der Waals surface area contributed by atoms with Crippen LogP contribution in [0.1, 0.15) is 23.5 Å². The van der Waals surface area contributed by atoms with Crippen LogP contribution in [0.2, 0.25) is 0 Å². The van der Waals surface area contributed by atoms with Crippen molar-refractivity contribution in [1.29, 1.82) is 0 Å². The fraction of sp³-hybridized carbons (Fsp3) is 0.154. The van der Waals surface area contributed by atoms with E-state index in [0.717, 1.165) is 0 Å². The van der Waals surface area contributed by atoms with Crippen molar-refractivity contribution in [2.24, 2.45) is 16.5 Å². The van der Waals surface area contributed by atoms with Crippen LogP contribution in [-0.2, 0) is 14.4 Å². The molecule has 0 aliphatic rings. The summed E-state index contributed by atoms with van der Waals surface area (Å²) in [5.74, 6) is -3.77. The number of carbonyl (C=O) groups excluding carboxylic acids is 2. The molecule has 36 heavy (non-hydrogen) atoms. The van der Waals surface area contributed by atoms with Gasteiger partial charge in [0.25, 0.3) is 0 Å². The number of aliphatic imine (C=N–C) groups is 1. The first kappa shape index (κ1) is 25.8. The largest absolute Gasteiger partial charge is 0.508 e. The molecule has 0 bridgehead atoms. The lowest BCUT2D eigenvalue weighted by molar-refractivity contribution is -0.142. The summed E-state index contributed by atoms with van der Waals surface area (Å²) >= 11 is 0. The molecule has 8 N–H and O–H groups in total. The zero-order valence-electron chi connectivity index (χ0n) is 19.2. The highest BCUT2D eigenvalue weighted by Gasteiger charge is 2.32. The highest BCUT2D eigenvalue weighted by Crippen LogP contribution is 2.25. The van der Waals surface area contributed by atoms with Gasteiger partial charge in [0.05, 0.1) is 5.92 Å². The van der Waals surface area contributed by atoms with Crippen molar-refractivity contribution >= 4 is 29.4 Å². The summed E-state index contributed by atoms with van der Waals surface area (Å²) in [6, 6.07) is 20.8. The van der Waals surface area contributed by atoms with E-state index in [1.165, 1.54) is 24.3 Å². The number of anilines is 1. The molecule has 3 aromatic rings. The maximum atomic E-state index is 13.4. The number of amides is 2. The SMILES string of the molecule is NC(N)=NC(CC(NC(=O)C(c1ccccc1)c1ccccc1)C(=O)O)C(=O)Nc1ccc(O)cc1. The average Bonchev–Trinajstić information content (AvgIpc) is 2.85. The standard InChI is InChI=1S/C26H27N5O5/c27-26(28)31-20(23(33)29-18-11-13-19(32)14-12-18)15-21(25(35)36)30-24(34)22(16-7-3-1-4-8-16)17-9-5-2-6-10-17/h1-14,20-22,32H,15H2,(H,29,33)(H,30,34)(H,35,36)(H4,27,28,31). The first-order valence-electron chi connectivity index (χ1n) is 11.1. The Kier molecular flexibility index (Phi) is 8.60. The van der Waals surface area contributed by atoms with Crippen LogP contribution in [0.5, 0.6) is 5.75 Å². The summed E-state index contributed by atoms with van der Waals surface area (Å²) in [5.41, 5.74) is 12.7. The molecular formula is C26H27N5O5. The molecule has 0 aromatic heterocycles. The lowest BCUT2D eigenvalue weighted by Crippen LogP contribution is -2.47. The van der Waals surface area contributed by atoms with E-state index >= 15 is 0 Å². The van der Waals surface area contributed by atoms with Gasteiger partial charge in [-0.25, -0.2) is 9.79 Å². The molecule has 10 heteroatoms.